The number of hydrogen-bond donors (Lipinski definition) is 1. The fraction of sp³-hybridized carbons (Fsp3) is 0.333. The van der Waals surface area contributed by atoms with Crippen LogP contribution in [0.2, 0.25) is 0 Å². The van der Waals surface area contributed by atoms with E-state index in [0.717, 1.165) is 22.4 Å². The zero-order chi connectivity index (χ0) is 13.8. The first kappa shape index (κ1) is 14.7. The highest BCUT2D eigenvalue weighted by Gasteiger charge is 2.22. The fourth-order valence-corrected chi connectivity index (χ4v) is 3.30. The van der Waals surface area contributed by atoms with Gasteiger partial charge in [0.05, 0.1) is 5.25 Å². The van der Waals surface area contributed by atoms with Crippen LogP contribution in [0, 0.1) is 6.92 Å². The smallest absolute Gasteiger partial charge is 0.119 e. The van der Waals surface area contributed by atoms with Crippen molar-refractivity contribution < 1.29 is 4.42 Å². The minimum absolute atomic E-state index is 0.0826. The van der Waals surface area contributed by atoms with Gasteiger partial charge in [0.25, 0.3) is 0 Å². The van der Waals surface area contributed by atoms with Crippen LogP contribution < -0.4 is 5.73 Å². The molecule has 0 aliphatic heterocycles. The van der Waals surface area contributed by atoms with E-state index in [4.69, 9.17) is 10.2 Å². The molecule has 2 unspecified atom stereocenters. The van der Waals surface area contributed by atoms with Crippen LogP contribution in [-0.4, -0.2) is 6.04 Å². The summed E-state index contributed by atoms with van der Waals surface area (Å²) in [4.78, 5) is 1.20. The number of benzene rings is 1. The van der Waals surface area contributed by atoms with Gasteiger partial charge >= 0.3 is 0 Å². The Balaban J connectivity index is 2.21. The molecule has 0 saturated carbocycles. The average Bonchev–Trinajstić information content (AvgIpc) is 2.83. The molecule has 1 aromatic carbocycles. The highest BCUT2D eigenvalue weighted by molar-refractivity contribution is 9.10. The number of hydrogen-bond acceptors (Lipinski definition) is 3. The molecule has 1 heterocycles. The van der Waals surface area contributed by atoms with Gasteiger partial charge in [-0.2, -0.15) is 0 Å². The van der Waals surface area contributed by atoms with Crippen molar-refractivity contribution in [2.24, 2.45) is 5.73 Å². The Kier molecular flexibility index (Phi) is 5.13. The number of rotatable bonds is 5. The van der Waals surface area contributed by atoms with Gasteiger partial charge < -0.3 is 10.2 Å². The van der Waals surface area contributed by atoms with Crippen LogP contribution in [0.5, 0.6) is 0 Å². The van der Waals surface area contributed by atoms with Gasteiger partial charge in [-0.05, 0) is 49.7 Å². The lowest BCUT2D eigenvalue weighted by atomic mass is 10.1. The summed E-state index contributed by atoms with van der Waals surface area (Å²) in [5, 5.41) is 0.153. The first-order valence-corrected chi connectivity index (χ1v) is 8.01. The third kappa shape index (κ3) is 3.88. The van der Waals surface area contributed by atoms with Crippen LogP contribution in [0.1, 0.15) is 30.1 Å². The second-order valence-corrected chi connectivity index (χ2v) is 6.64. The third-order valence-corrected chi connectivity index (χ3v) is 4.89. The fourth-order valence-electron chi connectivity index (χ4n) is 1.84. The first-order chi connectivity index (χ1) is 9.10. The van der Waals surface area contributed by atoms with Gasteiger partial charge in [-0.25, -0.2) is 0 Å². The van der Waals surface area contributed by atoms with E-state index < -0.39 is 0 Å². The Bertz CT molecular complexity index is 523. The van der Waals surface area contributed by atoms with E-state index in [1.54, 1.807) is 11.8 Å². The van der Waals surface area contributed by atoms with Crippen LogP contribution in [0.3, 0.4) is 0 Å². The van der Waals surface area contributed by atoms with Crippen LogP contribution in [-0.2, 0) is 0 Å². The van der Waals surface area contributed by atoms with Gasteiger partial charge in [0.2, 0.25) is 0 Å². The number of aryl methyl sites for hydroxylation is 1. The van der Waals surface area contributed by atoms with Crippen LogP contribution in [0.25, 0.3) is 0 Å². The maximum absolute atomic E-state index is 6.25. The number of nitrogens with two attached hydrogens (primary N) is 1. The summed E-state index contributed by atoms with van der Waals surface area (Å²) in [6, 6.07) is 12.4. The second-order valence-electron chi connectivity index (χ2n) is 4.51. The van der Waals surface area contributed by atoms with Gasteiger partial charge in [-0.15, -0.1) is 11.8 Å². The van der Waals surface area contributed by atoms with Crippen LogP contribution in [0.15, 0.2) is 50.2 Å². The minimum Gasteiger partial charge on any atom is -0.465 e. The molecular formula is C15H18BrNOS. The molecule has 102 valence electrons. The Morgan fingerprint density at radius 1 is 1.21 bits per heavy atom. The Morgan fingerprint density at radius 3 is 2.42 bits per heavy atom. The minimum atomic E-state index is 0.0826. The lowest BCUT2D eigenvalue weighted by Crippen LogP contribution is -2.25. The van der Waals surface area contributed by atoms with Gasteiger partial charge in [0.15, 0.2) is 0 Å². The Hall–Kier alpha value is -0.710. The SMILES string of the molecule is CCC(N)C(Sc1ccc(Br)cc1)c1ccc(C)o1. The predicted octanol–water partition coefficient (Wildman–Crippen LogP) is 4.92. The standard InChI is InChI=1S/C15H18BrNOS/c1-3-13(17)15(14-9-4-10(2)18-14)19-12-7-5-11(16)6-8-12/h4-9,13,15H,3,17H2,1-2H3. The van der Waals surface area contributed by atoms with E-state index in [1.165, 1.54) is 4.90 Å². The molecule has 0 spiro atoms. The molecule has 2 aromatic rings. The van der Waals surface area contributed by atoms with Crippen molar-refractivity contribution in [3.8, 4) is 0 Å². The maximum atomic E-state index is 6.25. The molecule has 0 fully saturated rings. The monoisotopic (exact) mass is 339 g/mol. The number of furan rings is 1. The van der Waals surface area contributed by atoms with E-state index in [9.17, 15) is 0 Å². The molecule has 0 radical (unpaired) electrons. The molecular weight excluding hydrogens is 322 g/mol. The van der Waals surface area contributed by atoms with Crippen molar-refractivity contribution in [2.75, 3.05) is 0 Å². The predicted molar refractivity (Wildman–Crippen MR) is 84.5 cm³/mol. The van der Waals surface area contributed by atoms with Gasteiger partial charge in [0.1, 0.15) is 11.5 Å². The molecule has 4 heteroatoms. The molecule has 0 saturated heterocycles. The normalized spacial score (nSPS) is 14.3. The number of halogens is 1. The summed E-state index contributed by atoms with van der Waals surface area (Å²) in [6.07, 6.45) is 0.925. The Morgan fingerprint density at radius 2 is 1.89 bits per heavy atom. The van der Waals surface area contributed by atoms with Gasteiger partial charge in [-0.1, -0.05) is 22.9 Å². The van der Waals surface area contributed by atoms with Crippen molar-refractivity contribution in [3.63, 3.8) is 0 Å². The maximum Gasteiger partial charge on any atom is 0.119 e. The van der Waals surface area contributed by atoms with Crippen molar-refractivity contribution in [2.45, 2.75) is 36.5 Å². The van der Waals surface area contributed by atoms with Gasteiger partial charge in [0, 0.05) is 15.4 Å². The van der Waals surface area contributed by atoms with Gasteiger partial charge in [-0.3, -0.25) is 0 Å². The number of thioether (sulfide) groups is 1. The van der Waals surface area contributed by atoms with Crippen molar-refractivity contribution >= 4 is 27.7 Å². The molecule has 2 nitrogen and oxygen atoms in total. The lowest BCUT2D eigenvalue weighted by molar-refractivity contribution is 0.454. The molecule has 1 aromatic heterocycles. The quantitative estimate of drug-likeness (QED) is 0.785. The van der Waals surface area contributed by atoms with Crippen molar-refractivity contribution in [1.82, 2.24) is 0 Å². The second kappa shape index (κ2) is 6.64. The molecule has 0 aliphatic carbocycles. The van der Waals surface area contributed by atoms with Crippen molar-refractivity contribution in [1.29, 1.82) is 0 Å². The van der Waals surface area contributed by atoms with E-state index in [0.29, 0.717) is 0 Å². The zero-order valence-corrected chi connectivity index (χ0v) is 13.5. The summed E-state index contributed by atoms with van der Waals surface area (Å²) < 4.78 is 6.84. The molecule has 2 atom stereocenters. The molecule has 2 rings (SSSR count). The zero-order valence-electron chi connectivity index (χ0n) is 11.1. The molecule has 0 aliphatic rings. The van der Waals surface area contributed by atoms with Crippen molar-refractivity contribution in [3.05, 3.63) is 52.4 Å². The van der Waals surface area contributed by atoms with E-state index in [1.807, 2.05) is 31.2 Å². The topological polar surface area (TPSA) is 39.2 Å². The highest BCUT2D eigenvalue weighted by atomic mass is 79.9. The molecule has 0 bridgehead atoms. The van der Waals surface area contributed by atoms with E-state index in [-0.39, 0.29) is 11.3 Å². The summed E-state index contributed by atoms with van der Waals surface area (Å²) >= 11 is 5.21. The summed E-state index contributed by atoms with van der Waals surface area (Å²) in [6.45, 7) is 4.07. The van der Waals surface area contributed by atoms with E-state index >= 15 is 0 Å². The molecule has 2 N–H and O–H groups in total. The van der Waals surface area contributed by atoms with Crippen LogP contribution in [0.4, 0.5) is 0 Å². The van der Waals surface area contributed by atoms with E-state index in [2.05, 4.69) is 35.0 Å². The summed E-state index contributed by atoms with van der Waals surface area (Å²) in [7, 11) is 0. The first-order valence-electron chi connectivity index (χ1n) is 6.34. The molecule has 19 heavy (non-hydrogen) atoms. The summed E-state index contributed by atoms with van der Waals surface area (Å²) in [5.74, 6) is 1.89. The highest BCUT2D eigenvalue weighted by Crippen LogP contribution is 2.39. The summed E-state index contributed by atoms with van der Waals surface area (Å²) in [5.41, 5.74) is 6.25. The molecule has 0 amide bonds. The third-order valence-electron chi connectivity index (χ3n) is 2.98. The van der Waals surface area contributed by atoms with Crippen LogP contribution >= 0.6 is 27.7 Å². The largest absolute Gasteiger partial charge is 0.465 e. The lowest BCUT2D eigenvalue weighted by Gasteiger charge is -2.20. The average molecular weight is 340 g/mol. The Labute approximate surface area is 126 Å².